The van der Waals surface area contributed by atoms with Gasteiger partial charge < -0.3 is 28.4 Å². The van der Waals surface area contributed by atoms with Gasteiger partial charge in [0.15, 0.2) is 0 Å². The molecule has 8 saturated carbocycles. The SMILES string of the molecule is C.C.C.C.C.C.CCC(C)(C)C(=O)OC1C2CC3C1OC(=O)C3C2C.CCC(C)(C)C(=O)OC1CC2CCC1C1C(=O)OCC21.CCC(C)(C)C(=O)OC1CC2CCC1C1COC(=O)C21. The predicted molar refractivity (Wildman–Crippen MR) is 254 cm³/mol. The Morgan fingerprint density at radius 2 is 0.954 bits per heavy atom. The van der Waals surface area contributed by atoms with Gasteiger partial charge in [-0.25, -0.2) is 0 Å². The van der Waals surface area contributed by atoms with Crippen LogP contribution in [0.15, 0.2) is 0 Å². The highest BCUT2D eigenvalue weighted by Crippen LogP contribution is 2.59. The summed E-state index contributed by atoms with van der Waals surface area (Å²) in [6.07, 6.45) is 8.78. The Bertz CT molecular complexity index is 1670. The van der Waals surface area contributed by atoms with Crippen molar-refractivity contribution in [1.82, 2.24) is 0 Å². The van der Waals surface area contributed by atoms with Crippen molar-refractivity contribution >= 4 is 35.8 Å². The zero-order chi connectivity index (χ0) is 42.9. The molecule has 3 saturated heterocycles. The minimum atomic E-state index is -0.465. The van der Waals surface area contributed by atoms with Crippen LogP contribution in [-0.2, 0) is 57.2 Å². The number of carbonyl (C=O) groups excluding carboxylic acids is 6. The summed E-state index contributed by atoms with van der Waals surface area (Å²) in [5, 5.41) is 0. The van der Waals surface area contributed by atoms with Gasteiger partial charge in [0.2, 0.25) is 0 Å². The Morgan fingerprint density at radius 3 is 1.49 bits per heavy atom. The monoisotopic (exact) mass is 923 g/mol. The lowest BCUT2D eigenvalue weighted by molar-refractivity contribution is -0.175. The maximum Gasteiger partial charge on any atom is 0.311 e. The van der Waals surface area contributed by atoms with Crippen molar-refractivity contribution in [1.29, 1.82) is 0 Å². The highest BCUT2D eigenvalue weighted by atomic mass is 16.6. The summed E-state index contributed by atoms with van der Waals surface area (Å²) in [6.45, 7) is 20.7. The smallest absolute Gasteiger partial charge is 0.311 e. The maximum atomic E-state index is 12.3. The van der Waals surface area contributed by atoms with E-state index in [0.29, 0.717) is 42.8 Å². The number of ether oxygens (including phenoxy) is 6. The van der Waals surface area contributed by atoms with E-state index in [0.717, 1.165) is 64.2 Å². The average molecular weight is 923 g/mol. The molecule has 65 heavy (non-hydrogen) atoms. The number of carbonyl (C=O) groups is 6. The van der Waals surface area contributed by atoms with E-state index >= 15 is 0 Å². The zero-order valence-electron chi connectivity index (χ0n) is 37.1. The maximum absolute atomic E-state index is 12.3. The van der Waals surface area contributed by atoms with Crippen molar-refractivity contribution in [3.63, 3.8) is 0 Å². The molecule has 0 radical (unpaired) electrons. The van der Waals surface area contributed by atoms with Crippen molar-refractivity contribution in [2.24, 2.45) is 87.3 Å². The molecule has 378 valence electrons. The van der Waals surface area contributed by atoms with E-state index in [1.165, 1.54) is 0 Å². The average Bonchev–Trinajstić information content (AvgIpc) is 4.03. The quantitative estimate of drug-likeness (QED) is 0.159. The van der Waals surface area contributed by atoms with Crippen LogP contribution in [0.4, 0.5) is 0 Å². The Balaban J connectivity index is 0.000000466. The Labute approximate surface area is 394 Å². The molecule has 8 aliphatic carbocycles. The van der Waals surface area contributed by atoms with Crippen LogP contribution in [0.2, 0.25) is 0 Å². The molecular weight excluding hydrogens is 829 g/mol. The van der Waals surface area contributed by atoms with Gasteiger partial charge in [0.1, 0.15) is 24.4 Å². The molecule has 0 aromatic rings. The van der Waals surface area contributed by atoms with Gasteiger partial charge in [-0.2, -0.15) is 0 Å². The van der Waals surface area contributed by atoms with Crippen LogP contribution < -0.4 is 0 Å². The van der Waals surface area contributed by atoms with E-state index in [2.05, 4.69) is 6.92 Å². The van der Waals surface area contributed by atoms with Crippen LogP contribution in [-0.4, -0.2) is 73.4 Å². The van der Waals surface area contributed by atoms with Gasteiger partial charge in [0.25, 0.3) is 0 Å². The third kappa shape index (κ3) is 10.8. The summed E-state index contributed by atoms with van der Waals surface area (Å²) in [5.41, 5.74) is -1.32. The molecule has 3 heterocycles. The van der Waals surface area contributed by atoms with E-state index in [1.54, 1.807) is 0 Å². The van der Waals surface area contributed by atoms with Crippen LogP contribution in [0.3, 0.4) is 0 Å². The molecule has 0 aromatic heterocycles. The molecule has 0 amide bonds. The molecule has 12 nitrogen and oxygen atoms in total. The molecule has 11 rings (SSSR count). The second-order valence-electron chi connectivity index (χ2n) is 21.4. The second-order valence-corrected chi connectivity index (χ2v) is 21.4. The molecule has 16 atom stereocenters. The summed E-state index contributed by atoms with van der Waals surface area (Å²) in [4.78, 5) is 72.3. The lowest BCUT2D eigenvalue weighted by Gasteiger charge is -2.47. The van der Waals surface area contributed by atoms with E-state index in [4.69, 9.17) is 28.4 Å². The molecule has 0 spiro atoms. The molecule has 0 aromatic carbocycles. The topological polar surface area (TPSA) is 158 Å². The molecule has 0 N–H and O–H groups in total. The second kappa shape index (κ2) is 22.3. The summed E-state index contributed by atoms with van der Waals surface area (Å²) in [7, 11) is 0. The highest BCUT2D eigenvalue weighted by molar-refractivity contribution is 5.80. The van der Waals surface area contributed by atoms with Crippen molar-refractivity contribution in [3.05, 3.63) is 0 Å². The third-order valence-corrected chi connectivity index (χ3v) is 17.2. The van der Waals surface area contributed by atoms with Gasteiger partial charge >= 0.3 is 35.8 Å². The first kappa shape index (κ1) is 59.8. The summed E-state index contributed by atoms with van der Waals surface area (Å²) < 4.78 is 33.3. The Morgan fingerprint density at radius 1 is 0.508 bits per heavy atom. The van der Waals surface area contributed by atoms with E-state index < -0.39 is 16.2 Å². The molecule has 6 bridgehead atoms. The lowest BCUT2D eigenvalue weighted by Crippen LogP contribution is -2.50. The zero-order valence-corrected chi connectivity index (χ0v) is 37.1. The van der Waals surface area contributed by atoms with Gasteiger partial charge in [-0.1, -0.05) is 72.3 Å². The normalized spacial score (nSPS) is 36.9. The van der Waals surface area contributed by atoms with Crippen molar-refractivity contribution in [3.8, 4) is 0 Å². The van der Waals surface area contributed by atoms with Crippen LogP contribution in [0.25, 0.3) is 0 Å². The molecule has 3 aliphatic heterocycles. The van der Waals surface area contributed by atoms with Gasteiger partial charge in [-0.05, 0) is 124 Å². The molecule has 11 aliphatic rings. The number of esters is 6. The summed E-state index contributed by atoms with van der Waals surface area (Å²) in [6, 6.07) is 0. The number of hydrogen-bond donors (Lipinski definition) is 0. The highest BCUT2D eigenvalue weighted by Gasteiger charge is 2.67. The first-order chi connectivity index (χ1) is 27.7. The van der Waals surface area contributed by atoms with Crippen molar-refractivity contribution in [2.45, 2.75) is 202 Å². The lowest BCUT2D eigenvalue weighted by atomic mass is 9.58. The molecule has 16 unspecified atom stereocenters. The summed E-state index contributed by atoms with van der Waals surface area (Å²) in [5.74, 6) is 2.34. The van der Waals surface area contributed by atoms with E-state index in [9.17, 15) is 28.8 Å². The predicted octanol–water partition coefficient (Wildman–Crippen LogP) is 11.1. The number of hydrogen-bond acceptors (Lipinski definition) is 12. The number of rotatable bonds is 9. The number of cyclic esters (lactones) is 2. The first-order valence-electron chi connectivity index (χ1n) is 22.9. The van der Waals surface area contributed by atoms with Gasteiger partial charge in [-0.3, -0.25) is 28.8 Å². The van der Waals surface area contributed by atoms with Gasteiger partial charge in [-0.15, -0.1) is 0 Å². The van der Waals surface area contributed by atoms with Crippen LogP contribution >= 0.6 is 0 Å². The van der Waals surface area contributed by atoms with Crippen molar-refractivity contribution < 1.29 is 57.2 Å². The van der Waals surface area contributed by atoms with Crippen LogP contribution in [0, 0.1) is 87.3 Å². The van der Waals surface area contributed by atoms with Gasteiger partial charge in [0.05, 0.1) is 47.2 Å². The van der Waals surface area contributed by atoms with Crippen molar-refractivity contribution in [2.75, 3.05) is 13.2 Å². The van der Waals surface area contributed by atoms with E-state index in [-0.39, 0.29) is 146 Å². The minimum Gasteiger partial charge on any atom is -0.465 e. The minimum absolute atomic E-state index is 0. The largest absolute Gasteiger partial charge is 0.465 e. The van der Waals surface area contributed by atoms with Crippen LogP contribution in [0.5, 0.6) is 0 Å². The molecule has 12 heteroatoms. The fourth-order valence-corrected chi connectivity index (χ4v) is 12.0. The fraction of sp³-hybridized carbons (Fsp3) is 0.887. The van der Waals surface area contributed by atoms with Gasteiger partial charge in [0, 0.05) is 35.5 Å². The first-order valence-corrected chi connectivity index (χ1v) is 22.9. The Kier molecular flexibility index (Phi) is 20.5. The Hall–Kier alpha value is -3.18. The fourth-order valence-electron chi connectivity index (χ4n) is 12.0. The third-order valence-electron chi connectivity index (χ3n) is 17.2. The van der Waals surface area contributed by atoms with E-state index in [1.807, 2.05) is 62.3 Å². The summed E-state index contributed by atoms with van der Waals surface area (Å²) >= 11 is 0. The number of fused-ring (bicyclic) bond motifs is 5. The molecular formula is C53H94O12. The standard InChI is InChI=1S/2C16H24O4.C15H22O4.6CH4/c1-4-16(2,3)15(18)20-12-7-9-5-6-10(12)11-8-19-14(17)13(9)11;1-4-16(2,3)15(18)20-12-7-9-5-6-10(12)13-11(9)8-19-14(13)17;1-5-15(3,4)14(17)19-11-8-6-9-10(7(8)2)13(16)18-12(9)11;;;;;;/h2*9-13H,4-8H2,1-3H3;7-12H,5-6H2,1-4H3;6*1H4. The molecule has 11 fully saturated rings. The van der Waals surface area contributed by atoms with Crippen LogP contribution in [0.1, 0.15) is 178 Å².